The third-order valence-electron chi connectivity index (χ3n) is 6.00. The number of nitrogens with zero attached hydrogens (tertiary/aromatic N) is 2. The average molecular weight is 392 g/mol. The van der Waals surface area contributed by atoms with Crippen LogP contribution >= 0.6 is 0 Å². The van der Waals surface area contributed by atoms with E-state index < -0.39 is 6.23 Å². The highest BCUT2D eigenvalue weighted by molar-refractivity contribution is 6.02. The molecular formula is C26H20N2O2. The Morgan fingerprint density at radius 1 is 0.833 bits per heavy atom. The van der Waals surface area contributed by atoms with Gasteiger partial charge in [0.15, 0.2) is 0 Å². The first-order valence-electron chi connectivity index (χ1n) is 10.2. The fraction of sp³-hybridized carbons (Fsp3) is 0.115. The third kappa shape index (κ3) is 2.57. The zero-order chi connectivity index (χ0) is 20.1. The van der Waals surface area contributed by atoms with Gasteiger partial charge in [-0.15, -0.1) is 0 Å². The van der Waals surface area contributed by atoms with E-state index in [9.17, 15) is 5.11 Å². The van der Waals surface area contributed by atoms with Crippen molar-refractivity contribution in [3.63, 3.8) is 0 Å². The molecule has 0 saturated carbocycles. The van der Waals surface area contributed by atoms with Crippen molar-refractivity contribution < 1.29 is 9.84 Å². The van der Waals surface area contributed by atoms with Gasteiger partial charge in [-0.05, 0) is 28.5 Å². The Morgan fingerprint density at radius 3 is 2.50 bits per heavy atom. The Morgan fingerprint density at radius 2 is 1.60 bits per heavy atom. The number of para-hydroxylation sites is 1. The molecule has 1 N–H and O–H groups in total. The number of phenolic OH excluding ortho intramolecular Hbond substituents is 1. The molecule has 0 aromatic heterocycles. The molecular weight excluding hydrogens is 372 g/mol. The van der Waals surface area contributed by atoms with Gasteiger partial charge in [0.2, 0.25) is 6.23 Å². The Hall–Kier alpha value is -3.79. The van der Waals surface area contributed by atoms with Crippen LogP contribution in [0.1, 0.15) is 35.4 Å². The summed E-state index contributed by atoms with van der Waals surface area (Å²) < 4.78 is 6.46. The first kappa shape index (κ1) is 17.1. The molecule has 0 radical (unpaired) electrons. The van der Waals surface area contributed by atoms with Gasteiger partial charge in [-0.3, -0.25) is 0 Å². The van der Waals surface area contributed by atoms with E-state index in [1.165, 1.54) is 0 Å². The largest absolute Gasteiger partial charge is 0.507 e. The Labute approximate surface area is 174 Å². The minimum atomic E-state index is -0.503. The van der Waals surface area contributed by atoms with E-state index in [1.54, 1.807) is 6.07 Å². The molecule has 2 atom stereocenters. The van der Waals surface area contributed by atoms with Crippen LogP contribution in [0.2, 0.25) is 0 Å². The molecule has 0 unspecified atom stereocenters. The van der Waals surface area contributed by atoms with Gasteiger partial charge in [0.05, 0.1) is 17.3 Å². The molecule has 0 spiro atoms. The quantitative estimate of drug-likeness (QED) is 0.470. The second-order valence-electron chi connectivity index (χ2n) is 7.74. The first-order valence-corrected chi connectivity index (χ1v) is 10.2. The highest BCUT2D eigenvalue weighted by atomic mass is 16.5. The molecule has 4 nitrogen and oxygen atoms in total. The van der Waals surface area contributed by atoms with E-state index in [1.807, 2.05) is 65.7 Å². The zero-order valence-electron chi connectivity index (χ0n) is 16.3. The number of hydrazone groups is 1. The summed E-state index contributed by atoms with van der Waals surface area (Å²) in [4.78, 5) is 0. The molecule has 0 aliphatic carbocycles. The van der Waals surface area contributed by atoms with Crippen molar-refractivity contribution in [3.8, 4) is 11.5 Å². The molecule has 4 heteroatoms. The second kappa shape index (κ2) is 6.63. The van der Waals surface area contributed by atoms with Crippen molar-refractivity contribution in [1.82, 2.24) is 5.01 Å². The van der Waals surface area contributed by atoms with Crippen LogP contribution in [0.3, 0.4) is 0 Å². The molecule has 2 heterocycles. The van der Waals surface area contributed by atoms with Gasteiger partial charge in [0.25, 0.3) is 0 Å². The van der Waals surface area contributed by atoms with Crippen LogP contribution in [-0.4, -0.2) is 15.8 Å². The molecule has 146 valence electrons. The number of hydrogen-bond acceptors (Lipinski definition) is 4. The standard InChI is InChI=1S/C26H20N2O2/c29-23-15-14-17-8-4-5-11-19(17)25(23)26-28-22(20-12-6-7-13-24(20)30-26)16-21(27-28)18-9-2-1-3-10-18/h1-15,22,26,29H,16H2/t22-,26+/m1/s1. The Kier molecular flexibility index (Phi) is 3.78. The number of fused-ring (bicyclic) bond motifs is 4. The molecule has 0 amide bonds. The zero-order valence-corrected chi connectivity index (χ0v) is 16.3. The SMILES string of the molecule is Oc1ccc2ccccc2c1[C@@H]1Oc2ccccc2[C@H]2CC(c3ccccc3)=NN21. The summed E-state index contributed by atoms with van der Waals surface area (Å²) in [5.74, 6) is 1.07. The van der Waals surface area contributed by atoms with Crippen molar-refractivity contribution in [3.05, 3.63) is 108 Å². The van der Waals surface area contributed by atoms with Crippen molar-refractivity contribution >= 4 is 16.5 Å². The maximum atomic E-state index is 10.9. The summed E-state index contributed by atoms with van der Waals surface area (Å²) in [6, 6.07) is 30.2. The monoisotopic (exact) mass is 392 g/mol. The third-order valence-corrected chi connectivity index (χ3v) is 6.00. The smallest absolute Gasteiger partial charge is 0.218 e. The lowest BCUT2D eigenvalue weighted by molar-refractivity contribution is -0.0193. The van der Waals surface area contributed by atoms with Crippen LogP contribution in [0.25, 0.3) is 10.8 Å². The summed E-state index contributed by atoms with van der Waals surface area (Å²) >= 11 is 0. The lowest BCUT2D eigenvalue weighted by Gasteiger charge is -2.38. The maximum Gasteiger partial charge on any atom is 0.218 e. The molecule has 0 bridgehead atoms. The Balaban J connectivity index is 1.55. The molecule has 0 saturated heterocycles. The van der Waals surface area contributed by atoms with Crippen LogP contribution in [0.5, 0.6) is 11.5 Å². The van der Waals surface area contributed by atoms with Crippen LogP contribution in [0.15, 0.2) is 96.1 Å². The van der Waals surface area contributed by atoms with Gasteiger partial charge in [0.1, 0.15) is 11.5 Å². The minimum Gasteiger partial charge on any atom is -0.507 e. The molecule has 4 aromatic rings. The highest BCUT2D eigenvalue weighted by Crippen LogP contribution is 2.49. The number of rotatable bonds is 2. The predicted molar refractivity (Wildman–Crippen MR) is 118 cm³/mol. The van der Waals surface area contributed by atoms with Gasteiger partial charge in [0, 0.05) is 12.0 Å². The minimum absolute atomic E-state index is 0.0634. The van der Waals surface area contributed by atoms with Crippen LogP contribution in [-0.2, 0) is 0 Å². The molecule has 30 heavy (non-hydrogen) atoms. The highest BCUT2D eigenvalue weighted by Gasteiger charge is 2.42. The Bertz CT molecular complexity index is 1280. The summed E-state index contributed by atoms with van der Waals surface area (Å²) in [5, 5.41) is 19.9. The van der Waals surface area contributed by atoms with Crippen molar-refractivity contribution in [2.24, 2.45) is 5.10 Å². The van der Waals surface area contributed by atoms with Gasteiger partial charge in [-0.1, -0.05) is 78.9 Å². The van der Waals surface area contributed by atoms with Gasteiger partial charge >= 0.3 is 0 Å². The molecule has 2 aliphatic heterocycles. The van der Waals surface area contributed by atoms with E-state index in [-0.39, 0.29) is 11.8 Å². The van der Waals surface area contributed by atoms with Crippen LogP contribution in [0, 0.1) is 0 Å². The van der Waals surface area contributed by atoms with E-state index in [0.29, 0.717) is 0 Å². The normalized spacial score (nSPS) is 19.7. The molecule has 6 rings (SSSR count). The van der Waals surface area contributed by atoms with Gasteiger partial charge in [-0.2, -0.15) is 5.10 Å². The van der Waals surface area contributed by atoms with Crippen molar-refractivity contribution in [1.29, 1.82) is 0 Å². The number of hydrogen-bond donors (Lipinski definition) is 1. The van der Waals surface area contributed by atoms with Crippen molar-refractivity contribution in [2.75, 3.05) is 0 Å². The fourth-order valence-corrected chi connectivity index (χ4v) is 4.57. The number of aromatic hydroxyl groups is 1. The van der Waals surface area contributed by atoms with E-state index in [2.05, 4.69) is 24.3 Å². The second-order valence-corrected chi connectivity index (χ2v) is 7.74. The first-order chi connectivity index (χ1) is 14.8. The molecule has 4 aromatic carbocycles. The maximum absolute atomic E-state index is 10.9. The van der Waals surface area contributed by atoms with E-state index >= 15 is 0 Å². The molecule has 2 aliphatic rings. The van der Waals surface area contributed by atoms with E-state index in [0.717, 1.165) is 45.3 Å². The lowest BCUT2D eigenvalue weighted by Crippen LogP contribution is -2.33. The number of benzene rings is 4. The van der Waals surface area contributed by atoms with Gasteiger partial charge < -0.3 is 9.84 Å². The average Bonchev–Trinajstić information content (AvgIpc) is 3.25. The number of phenols is 1. The van der Waals surface area contributed by atoms with Crippen LogP contribution in [0.4, 0.5) is 0 Å². The van der Waals surface area contributed by atoms with Crippen molar-refractivity contribution in [2.45, 2.75) is 18.7 Å². The fourth-order valence-electron chi connectivity index (χ4n) is 4.57. The summed E-state index contributed by atoms with van der Waals surface area (Å²) in [6.07, 6.45) is 0.295. The van der Waals surface area contributed by atoms with Gasteiger partial charge in [-0.25, -0.2) is 5.01 Å². The topological polar surface area (TPSA) is 45.1 Å². The predicted octanol–water partition coefficient (Wildman–Crippen LogP) is 5.79. The van der Waals surface area contributed by atoms with E-state index in [4.69, 9.17) is 9.84 Å². The number of ether oxygens (including phenoxy) is 1. The molecule has 0 fully saturated rings. The summed E-state index contributed by atoms with van der Waals surface area (Å²) in [5.41, 5.74) is 4.03. The lowest BCUT2D eigenvalue weighted by atomic mass is 9.95. The summed E-state index contributed by atoms with van der Waals surface area (Å²) in [6.45, 7) is 0. The summed E-state index contributed by atoms with van der Waals surface area (Å²) in [7, 11) is 0. The van der Waals surface area contributed by atoms with Crippen LogP contribution < -0.4 is 4.74 Å².